The molecule has 0 fully saturated rings. The van der Waals surface area contributed by atoms with Gasteiger partial charge in [-0.25, -0.2) is 4.98 Å². The topological polar surface area (TPSA) is 43.1 Å². The van der Waals surface area contributed by atoms with Crippen LogP contribution in [0.4, 0.5) is 8.78 Å². The van der Waals surface area contributed by atoms with Gasteiger partial charge < -0.3 is 4.42 Å². The summed E-state index contributed by atoms with van der Waals surface area (Å²) >= 11 is 5.23. The lowest BCUT2D eigenvalue weighted by Crippen LogP contribution is -1.87. The Balaban J connectivity index is 2.57. The summed E-state index contributed by atoms with van der Waals surface area (Å²) < 4.78 is 29.2. The van der Waals surface area contributed by atoms with Crippen molar-refractivity contribution < 1.29 is 18.0 Å². The van der Waals surface area contributed by atoms with Crippen LogP contribution in [0.2, 0.25) is 0 Å². The molecule has 0 aliphatic heterocycles. The number of hydrogen-bond acceptors (Lipinski definition) is 3. The highest BCUT2D eigenvalue weighted by atomic mass is 35.5. The van der Waals surface area contributed by atoms with Crippen LogP contribution >= 0.6 is 11.6 Å². The predicted octanol–water partition coefficient (Wildman–Crippen LogP) is 3.14. The molecule has 0 unspecified atom stereocenters. The molecule has 15 heavy (non-hydrogen) atoms. The summed E-state index contributed by atoms with van der Waals surface area (Å²) in [5.74, 6) is -0.663. The van der Waals surface area contributed by atoms with Crippen molar-refractivity contribution in [2.75, 3.05) is 0 Å². The molecule has 3 nitrogen and oxygen atoms in total. The first-order valence-electron chi connectivity index (χ1n) is 3.96. The third kappa shape index (κ3) is 1.83. The number of hydrogen-bond donors (Lipinski definition) is 0. The first kappa shape index (κ1) is 10.0. The van der Waals surface area contributed by atoms with E-state index in [0.717, 1.165) is 0 Å². The van der Waals surface area contributed by atoms with E-state index in [1.807, 2.05) is 0 Å². The highest BCUT2D eigenvalue weighted by Crippen LogP contribution is 2.24. The zero-order valence-electron chi connectivity index (χ0n) is 7.21. The quantitative estimate of drug-likeness (QED) is 0.746. The third-order valence-electron chi connectivity index (χ3n) is 1.82. The van der Waals surface area contributed by atoms with Crippen LogP contribution in [-0.2, 0) is 0 Å². The lowest BCUT2D eigenvalue weighted by molar-refractivity contribution is 0.108. The Hall–Kier alpha value is -1.49. The number of aromatic nitrogens is 1. The van der Waals surface area contributed by atoms with Crippen LogP contribution in [0.15, 0.2) is 22.6 Å². The molecule has 0 saturated heterocycles. The maximum Gasteiger partial charge on any atom is 0.313 e. The van der Waals surface area contributed by atoms with E-state index < -0.39 is 17.6 Å². The summed E-state index contributed by atoms with van der Waals surface area (Å²) in [6.07, 6.45) is -2.77. The van der Waals surface area contributed by atoms with E-state index in [4.69, 9.17) is 16.0 Å². The Morgan fingerprint density at radius 3 is 2.80 bits per heavy atom. The molecule has 1 heterocycles. The number of benzene rings is 1. The molecule has 0 saturated carbocycles. The van der Waals surface area contributed by atoms with Crippen molar-refractivity contribution in [1.29, 1.82) is 0 Å². The van der Waals surface area contributed by atoms with Crippen molar-refractivity contribution in [2.24, 2.45) is 0 Å². The summed E-state index contributed by atoms with van der Waals surface area (Å²) in [5, 5.41) is -0.668. The van der Waals surface area contributed by atoms with Gasteiger partial charge >= 0.3 is 6.43 Å². The minimum Gasteiger partial charge on any atom is -0.435 e. The number of halogens is 3. The van der Waals surface area contributed by atoms with Crippen molar-refractivity contribution in [1.82, 2.24) is 4.98 Å². The van der Waals surface area contributed by atoms with Crippen LogP contribution in [0.3, 0.4) is 0 Å². The highest BCUT2D eigenvalue weighted by Gasteiger charge is 2.16. The fraction of sp³-hybridized carbons (Fsp3) is 0.111. The second-order valence-electron chi connectivity index (χ2n) is 2.81. The average Bonchev–Trinajstić information content (AvgIpc) is 2.59. The van der Waals surface area contributed by atoms with Crippen LogP contribution in [0, 0.1) is 0 Å². The smallest absolute Gasteiger partial charge is 0.313 e. The zero-order chi connectivity index (χ0) is 11.0. The summed E-state index contributed by atoms with van der Waals surface area (Å²) in [6, 6.07) is 4.07. The van der Waals surface area contributed by atoms with Gasteiger partial charge in [-0.1, -0.05) is 0 Å². The minimum atomic E-state index is -2.77. The van der Waals surface area contributed by atoms with E-state index in [-0.39, 0.29) is 16.7 Å². The number of carbonyl (C=O) groups is 1. The molecule has 6 heteroatoms. The first-order chi connectivity index (χ1) is 7.08. The first-order valence-corrected chi connectivity index (χ1v) is 4.34. The van der Waals surface area contributed by atoms with E-state index in [0.29, 0.717) is 0 Å². The van der Waals surface area contributed by atoms with Crippen molar-refractivity contribution in [3.05, 3.63) is 29.7 Å². The Morgan fingerprint density at radius 1 is 1.47 bits per heavy atom. The van der Waals surface area contributed by atoms with E-state index in [1.54, 1.807) is 0 Å². The summed E-state index contributed by atoms with van der Waals surface area (Å²) in [6.45, 7) is 0. The standard InChI is InChI=1S/C9H4ClF2NO2/c10-7(14)4-1-2-6-5(3-4)13-9(15-6)8(11)12/h1-3,8H. The molecule has 2 aromatic rings. The van der Waals surface area contributed by atoms with Crippen molar-refractivity contribution in [3.63, 3.8) is 0 Å². The predicted molar refractivity (Wildman–Crippen MR) is 49.1 cm³/mol. The monoisotopic (exact) mass is 231 g/mol. The molecule has 0 N–H and O–H groups in total. The van der Waals surface area contributed by atoms with Gasteiger partial charge in [-0.2, -0.15) is 8.78 Å². The lowest BCUT2D eigenvalue weighted by atomic mass is 10.2. The van der Waals surface area contributed by atoms with Crippen LogP contribution in [-0.4, -0.2) is 10.2 Å². The van der Waals surface area contributed by atoms with Gasteiger partial charge in [0.1, 0.15) is 5.52 Å². The molecular weight excluding hydrogens is 228 g/mol. The Morgan fingerprint density at radius 2 is 2.20 bits per heavy atom. The molecule has 0 spiro atoms. The van der Waals surface area contributed by atoms with Crippen LogP contribution in [0.5, 0.6) is 0 Å². The minimum absolute atomic E-state index is 0.191. The number of alkyl halides is 2. The van der Waals surface area contributed by atoms with Crippen molar-refractivity contribution in [3.8, 4) is 0 Å². The van der Waals surface area contributed by atoms with Gasteiger partial charge in [0.2, 0.25) is 0 Å². The highest BCUT2D eigenvalue weighted by molar-refractivity contribution is 6.67. The molecule has 0 aliphatic carbocycles. The fourth-order valence-corrected chi connectivity index (χ4v) is 1.28. The van der Waals surface area contributed by atoms with E-state index >= 15 is 0 Å². The zero-order valence-corrected chi connectivity index (χ0v) is 7.96. The van der Waals surface area contributed by atoms with Crippen LogP contribution < -0.4 is 0 Å². The molecule has 1 aromatic heterocycles. The third-order valence-corrected chi connectivity index (χ3v) is 2.04. The summed E-state index contributed by atoms with van der Waals surface area (Å²) in [7, 11) is 0. The Kier molecular flexibility index (Phi) is 2.40. The van der Waals surface area contributed by atoms with Gasteiger partial charge in [0, 0.05) is 5.56 Å². The van der Waals surface area contributed by atoms with Gasteiger partial charge in [-0.05, 0) is 29.8 Å². The summed E-state index contributed by atoms with van der Waals surface area (Å²) in [4.78, 5) is 14.3. The normalized spacial score (nSPS) is 11.2. The van der Waals surface area contributed by atoms with Gasteiger partial charge in [-0.3, -0.25) is 4.79 Å². The SMILES string of the molecule is O=C(Cl)c1ccc2oc(C(F)F)nc2c1. The van der Waals surface area contributed by atoms with Gasteiger partial charge in [-0.15, -0.1) is 0 Å². The van der Waals surface area contributed by atoms with E-state index in [2.05, 4.69) is 4.98 Å². The number of rotatable bonds is 2. The molecule has 2 rings (SSSR count). The van der Waals surface area contributed by atoms with Crippen molar-refractivity contribution >= 4 is 27.9 Å². The largest absolute Gasteiger partial charge is 0.435 e. The van der Waals surface area contributed by atoms with E-state index in [1.165, 1.54) is 18.2 Å². The van der Waals surface area contributed by atoms with Gasteiger partial charge in [0.25, 0.3) is 11.1 Å². The van der Waals surface area contributed by atoms with Gasteiger partial charge in [0.05, 0.1) is 0 Å². The maximum absolute atomic E-state index is 12.2. The lowest BCUT2D eigenvalue weighted by Gasteiger charge is -1.90. The van der Waals surface area contributed by atoms with E-state index in [9.17, 15) is 13.6 Å². The number of nitrogens with zero attached hydrogens (tertiary/aromatic N) is 1. The van der Waals surface area contributed by atoms with Crippen LogP contribution in [0.25, 0.3) is 11.1 Å². The molecule has 0 atom stereocenters. The summed E-state index contributed by atoms with van der Waals surface area (Å²) in [5.41, 5.74) is 0.585. The molecule has 78 valence electrons. The molecule has 0 aliphatic rings. The number of oxazole rings is 1. The molecular formula is C9H4ClF2NO2. The Bertz CT molecular complexity index is 524. The maximum atomic E-state index is 12.2. The van der Waals surface area contributed by atoms with Gasteiger partial charge in [0.15, 0.2) is 5.58 Å². The van der Waals surface area contributed by atoms with Crippen molar-refractivity contribution in [2.45, 2.75) is 6.43 Å². The molecule has 0 bridgehead atoms. The molecule has 0 amide bonds. The fourth-order valence-electron chi connectivity index (χ4n) is 1.16. The molecule has 0 radical (unpaired) electrons. The number of carbonyl (C=O) groups excluding carboxylic acids is 1. The Labute approximate surface area is 87.7 Å². The van der Waals surface area contributed by atoms with Crippen LogP contribution in [0.1, 0.15) is 22.7 Å². The number of fused-ring (bicyclic) bond motifs is 1. The second-order valence-corrected chi connectivity index (χ2v) is 3.15. The second kappa shape index (κ2) is 3.58. The average molecular weight is 232 g/mol. The molecule has 1 aromatic carbocycles.